The summed E-state index contributed by atoms with van der Waals surface area (Å²) in [7, 11) is 0. The van der Waals surface area contributed by atoms with Crippen LogP contribution in [0.3, 0.4) is 0 Å². The maximum atomic E-state index is 9.60. The van der Waals surface area contributed by atoms with E-state index in [0.717, 1.165) is 56.9 Å². The summed E-state index contributed by atoms with van der Waals surface area (Å²) in [5, 5.41) is 10.4. The Labute approximate surface area is 126 Å². The third-order valence-electron chi connectivity index (χ3n) is 4.69. The first kappa shape index (κ1) is 14.2. The molecule has 0 atom stereocenters. The molecule has 0 bridgehead atoms. The van der Waals surface area contributed by atoms with Crippen molar-refractivity contribution >= 4 is 17.3 Å². The Bertz CT molecular complexity index is 421. The van der Waals surface area contributed by atoms with Crippen molar-refractivity contribution in [3.8, 4) is 0 Å². The van der Waals surface area contributed by atoms with E-state index in [2.05, 4.69) is 21.9 Å². The van der Waals surface area contributed by atoms with Gasteiger partial charge in [0.2, 0.25) is 0 Å². The SMILES string of the molecule is OC1CCC(N2CCN(c3ccc(Cl)cc3)CC2)CC1. The van der Waals surface area contributed by atoms with Crippen LogP contribution in [-0.2, 0) is 0 Å². The van der Waals surface area contributed by atoms with Crippen molar-refractivity contribution in [3.05, 3.63) is 29.3 Å². The molecule has 1 aliphatic carbocycles. The molecule has 3 nitrogen and oxygen atoms in total. The molecular formula is C16H23ClN2O. The molecule has 3 rings (SSSR count). The van der Waals surface area contributed by atoms with Crippen molar-refractivity contribution < 1.29 is 5.11 Å². The minimum atomic E-state index is -0.0541. The number of nitrogens with zero attached hydrogens (tertiary/aromatic N) is 2. The van der Waals surface area contributed by atoms with Crippen molar-refractivity contribution in [1.29, 1.82) is 0 Å². The average molecular weight is 295 g/mol. The van der Waals surface area contributed by atoms with Crippen LogP contribution in [-0.4, -0.2) is 48.3 Å². The van der Waals surface area contributed by atoms with Gasteiger partial charge < -0.3 is 10.0 Å². The smallest absolute Gasteiger partial charge is 0.0541 e. The lowest BCUT2D eigenvalue weighted by molar-refractivity contribution is 0.0711. The minimum absolute atomic E-state index is 0.0541. The summed E-state index contributed by atoms with van der Waals surface area (Å²) < 4.78 is 0. The number of halogens is 1. The van der Waals surface area contributed by atoms with Gasteiger partial charge in [-0.05, 0) is 49.9 Å². The molecule has 0 unspecified atom stereocenters. The lowest BCUT2D eigenvalue weighted by atomic mass is 9.91. The number of anilines is 1. The molecule has 110 valence electrons. The molecule has 1 saturated heterocycles. The third-order valence-corrected chi connectivity index (χ3v) is 4.94. The first-order valence-corrected chi connectivity index (χ1v) is 8.03. The van der Waals surface area contributed by atoms with Crippen molar-refractivity contribution in [2.24, 2.45) is 0 Å². The van der Waals surface area contributed by atoms with E-state index in [4.69, 9.17) is 11.6 Å². The van der Waals surface area contributed by atoms with Gasteiger partial charge in [-0.1, -0.05) is 11.6 Å². The third kappa shape index (κ3) is 3.27. The lowest BCUT2D eigenvalue weighted by Crippen LogP contribution is -2.51. The highest BCUT2D eigenvalue weighted by Crippen LogP contribution is 2.25. The number of aliphatic hydroxyl groups is 1. The maximum Gasteiger partial charge on any atom is 0.0541 e. The van der Waals surface area contributed by atoms with Crippen molar-refractivity contribution in [2.45, 2.75) is 37.8 Å². The fraction of sp³-hybridized carbons (Fsp3) is 0.625. The number of hydrogen-bond acceptors (Lipinski definition) is 3. The Morgan fingerprint density at radius 1 is 0.900 bits per heavy atom. The Balaban J connectivity index is 1.53. The second-order valence-electron chi connectivity index (χ2n) is 5.96. The fourth-order valence-corrected chi connectivity index (χ4v) is 3.55. The van der Waals surface area contributed by atoms with E-state index in [1.54, 1.807) is 0 Å². The quantitative estimate of drug-likeness (QED) is 0.908. The summed E-state index contributed by atoms with van der Waals surface area (Å²) in [6.07, 6.45) is 4.20. The lowest BCUT2D eigenvalue weighted by Gasteiger charge is -2.42. The van der Waals surface area contributed by atoms with Crippen LogP contribution in [0.1, 0.15) is 25.7 Å². The predicted molar refractivity (Wildman–Crippen MR) is 83.5 cm³/mol. The normalized spacial score (nSPS) is 28.6. The van der Waals surface area contributed by atoms with Crippen molar-refractivity contribution in [3.63, 3.8) is 0 Å². The predicted octanol–water partition coefficient (Wildman–Crippen LogP) is 2.77. The highest BCUT2D eigenvalue weighted by Gasteiger charge is 2.27. The number of benzene rings is 1. The van der Waals surface area contributed by atoms with Gasteiger partial charge in [0, 0.05) is 42.9 Å². The number of rotatable bonds is 2. The standard InChI is InChI=1S/C16H23ClN2O/c17-13-1-3-14(4-2-13)18-9-11-19(12-10-18)15-5-7-16(20)8-6-15/h1-4,15-16,20H,5-12H2. The second kappa shape index (κ2) is 6.33. The summed E-state index contributed by atoms with van der Waals surface area (Å²) in [5.74, 6) is 0. The Morgan fingerprint density at radius 3 is 2.10 bits per heavy atom. The zero-order valence-electron chi connectivity index (χ0n) is 11.8. The van der Waals surface area contributed by atoms with Crippen molar-refractivity contribution in [1.82, 2.24) is 4.90 Å². The fourth-order valence-electron chi connectivity index (χ4n) is 3.42. The first-order chi connectivity index (χ1) is 9.72. The van der Waals surface area contributed by atoms with Crippen LogP contribution in [0.4, 0.5) is 5.69 Å². The molecule has 0 aromatic heterocycles. The molecular weight excluding hydrogens is 272 g/mol. The van der Waals surface area contributed by atoms with E-state index >= 15 is 0 Å². The summed E-state index contributed by atoms with van der Waals surface area (Å²) >= 11 is 5.94. The van der Waals surface area contributed by atoms with E-state index in [-0.39, 0.29) is 6.10 Å². The molecule has 1 aliphatic heterocycles. The van der Waals surface area contributed by atoms with Crippen molar-refractivity contribution in [2.75, 3.05) is 31.1 Å². The van der Waals surface area contributed by atoms with Gasteiger partial charge in [-0.15, -0.1) is 0 Å². The molecule has 1 heterocycles. The van der Waals surface area contributed by atoms with Crippen LogP contribution in [0.5, 0.6) is 0 Å². The molecule has 0 amide bonds. The van der Waals surface area contributed by atoms with Gasteiger partial charge in [0.15, 0.2) is 0 Å². The van der Waals surface area contributed by atoms with Gasteiger partial charge in [0.1, 0.15) is 0 Å². The van der Waals surface area contributed by atoms with Gasteiger partial charge in [-0.3, -0.25) is 4.90 Å². The zero-order chi connectivity index (χ0) is 13.9. The van der Waals surface area contributed by atoms with Gasteiger partial charge in [-0.2, -0.15) is 0 Å². The Kier molecular flexibility index (Phi) is 4.49. The minimum Gasteiger partial charge on any atom is -0.393 e. The average Bonchev–Trinajstić information content (AvgIpc) is 2.49. The molecule has 4 heteroatoms. The molecule has 20 heavy (non-hydrogen) atoms. The highest BCUT2D eigenvalue weighted by molar-refractivity contribution is 6.30. The van der Waals surface area contributed by atoms with Crippen LogP contribution in [0.15, 0.2) is 24.3 Å². The topological polar surface area (TPSA) is 26.7 Å². The van der Waals surface area contributed by atoms with Crippen LogP contribution in [0, 0.1) is 0 Å². The highest BCUT2D eigenvalue weighted by atomic mass is 35.5. The largest absolute Gasteiger partial charge is 0.393 e. The number of piperazine rings is 1. The second-order valence-corrected chi connectivity index (χ2v) is 6.40. The summed E-state index contributed by atoms with van der Waals surface area (Å²) in [5.41, 5.74) is 1.27. The summed E-state index contributed by atoms with van der Waals surface area (Å²) in [6, 6.07) is 8.83. The Hall–Kier alpha value is -0.770. The summed E-state index contributed by atoms with van der Waals surface area (Å²) in [4.78, 5) is 5.04. The van der Waals surface area contributed by atoms with E-state index in [1.807, 2.05) is 12.1 Å². The molecule has 2 fully saturated rings. The van der Waals surface area contributed by atoms with Gasteiger partial charge in [-0.25, -0.2) is 0 Å². The van der Waals surface area contributed by atoms with Crippen LogP contribution in [0.2, 0.25) is 5.02 Å². The number of hydrogen-bond donors (Lipinski definition) is 1. The zero-order valence-corrected chi connectivity index (χ0v) is 12.6. The first-order valence-electron chi connectivity index (χ1n) is 7.65. The molecule has 0 spiro atoms. The molecule has 2 aliphatic rings. The molecule has 1 saturated carbocycles. The molecule has 1 N–H and O–H groups in total. The van der Waals surface area contributed by atoms with E-state index in [9.17, 15) is 5.11 Å². The van der Waals surface area contributed by atoms with Crippen LogP contribution in [0.25, 0.3) is 0 Å². The number of aliphatic hydroxyl groups excluding tert-OH is 1. The monoisotopic (exact) mass is 294 g/mol. The van der Waals surface area contributed by atoms with E-state index in [0.29, 0.717) is 6.04 Å². The van der Waals surface area contributed by atoms with Crippen LogP contribution >= 0.6 is 11.6 Å². The van der Waals surface area contributed by atoms with E-state index in [1.165, 1.54) is 5.69 Å². The van der Waals surface area contributed by atoms with E-state index < -0.39 is 0 Å². The van der Waals surface area contributed by atoms with Gasteiger partial charge >= 0.3 is 0 Å². The van der Waals surface area contributed by atoms with Crippen LogP contribution < -0.4 is 4.90 Å². The molecule has 0 radical (unpaired) electrons. The van der Waals surface area contributed by atoms with Gasteiger partial charge in [0.05, 0.1) is 6.10 Å². The Morgan fingerprint density at radius 2 is 1.50 bits per heavy atom. The summed E-state index contributed by atoms with van der Waals surface area (Å²) in [6.45, 7) is 4.42. The molecule has 1 aromatic rings. The maximum absolute atomic E-state index is 9.60. The van der Waals surface area contributed by atoms with Gasteiger partial charge in [0.25, 0.3) is 0 Å². The molecule has 1 aromatic carbocycles.